The Morgan fingerprint density at radius 2 is 2.13 bits per heavy atom. The van der Waals surface area contributed by atoms with Gasteiger partial charge in [0.25, 0.3) is 0 Å². The highest BCUT2D eigenvalue weighted by Gasteiger charge is 2.32. The van der Waals surface area contributed by atoms with Crippen LogP contribution in [0.3, 0.4) is 0 Å². The van der Waals surface area contributed by atoms with E-state index in [0.29, 0.717) is 10.9 Å². The number of rotatable bonds is 5. The van der Waals surface area contributed by atoms with E-state index in [1.165, 1.54) is 16.2 Å². The molecular formula is C13H11ClF3N3OS2. The second-order valence-electron chi connectivity index (χ2n) is 4.47. The minimum atomic E-state index is -4.53. The number of carbonyl (C=O) groups is 1. The number of thiophene rings is 1. The molecule has 0 fully saturated rings. The molecule has 2 aromatic rings. The lowest BCUT2D eigenvalue weighted by molar-refractivity contribution is -0.141. The summed E-state index contributed by atoms with van der Waals surface area (Å²) in [5.41, 5.74) is -1.02. The zero-order valence-electron chi connectivity index (χ0n) is 11.8. The van der Waals surface area contributed by atoms with Gasteiger partial charge in [-0.15, -0.1) is 11.3 Å². The van der Waals surface area contributed by atoms with E-state index in [-0.39, 0.29) is 16.8 Å². The summed E-state index contributed by atoms with van der Waals surface area (Å²) in [5, 5.41) is -0.0826. The first-order chi connectivity index (χ1) is 10.8. The van der Waals surface area contributed by atoms with Gasteiger partial charge in [-0.05, 0) is 18.2 Å². The second-order valence-corrected chi connectivity index (χ2v) is 7.21. The zero-order chi connectivity index (χ0) is 17.0. The fraction of sp³-hybridized carbons (Fsp3) is 0.308. The molecule has 0 unspecified atom stereocenters. The number of alkyl halides is 3. The van der Waals surface area contributed by atoms with E-state index in [2.05, 4.69) is 9.97 Å². The Bertz CT molecular complexity index is 693. The van der Waals surface area contributed by atoms with Crippen LogP contribution in [-0.4, -0.2) is 33.6 Å². The van der Waals surface area contributed by atoms with Crippen molar-refractivity contribution in [3.05, 3.63) is 39.3 Å². The lowest BCUT2D eigenvalue weighted by Crippen LogP contribution is -2.27. The summed E-state index contributed by atoms with van der Waals surface area (Å²) >= 11 is 8.05. The van der Waals surface area contributed by atoms with Gasteiger partial charge in [0.1, 0.15) is 5.69 Å². The van der Waals surface area contributed by atoms with Crippen LogP contribution in [-0.2, 0) is 17.5 Å². The van der Waals surface area contributed by atoms with Crippen molar-refractivity contribution >= 4 is 40.6 Å². The molecule has 4 nitrogen and oxygen atoms in total. The van der Waals surface area contributed by atoms with Crippen molar-refractivity contribution in [2.24, 2.45) is 0 Å². The minimum Gasteiger partial charge on any atom is -0.340 e. The standard InChI is InChI=1S/C13H11ClF3N3OS2/c1-20(6-8-2-3-10(14)23-8)11(21)7-22-12-18-5-4-9(19-12)13(15,16)17/h2-5H,6-7H2,1H3. The van der Waals surface area contributed by atoms with Gasteiger partial charge in [0, 0.05) is 18.1 Å². The van der Waals surface area contributed by atoms with Gasteiger partial charge in [0.05, 0.1) is 16.6 Å². The highest BCUT2D eigenvalue weighted by Crippen LogP contribution is 2.28. The van der Waals surface area contributed by atoms with Crippen LogP contribution < -0.4 is 0 Å². The maximum Gasteiger partial charge on any atom is 0.433 e. The predicted molar refractivity (Wildman–Crippen MR) is 83.6 cm³/mol. The topological polar surface area (TPSA) is 46.1 Å². The van der Waals surface area contributed by atoms with Gasteiger partial charge < -0.3 is 4.90 Å². The largest absolute Gasteiger partial charge is 0.433 e. The molecule has 0 atom stereocenters. The molecule has 10 heteroatoms. The van der Waals surface area contributed by atoms with Gasteiger partial charge >= 0.3 is 6.18 Å². The van der Waals surface area contributed by atoms with E-state index in [9.17, 15) is 18.0 Å². The molecule has 0 N–H and O–H groups in total. The van der Waals surface area contributed by atoms with Crippen molar-refractivity contribution in [2.75, 3.05) is 12.8 Å². The fourth-order valence-electron chi connectivity index (χ4n) is 1.56. The molecule has 0 radical (unpaired) electrons. The van der Waals surface area contributed by atoms with E-state index in [0.717, 1.165) is 28.9 Å². The van der Waals surface area contributed by atoms with E-state index >= 15 is 0 Å². The monoisotopic (exact) mass is 381 g/mol. The number of amides is 1. The maximum atomic E-state index is 12.6. The third-order valence-corrected chi connectivity index (χ3v) is 4.76. The van der Waals surface area contributed by atoms with Gasteiger partial charge in [-0.25, -0.2) is 9.97 Å². The average molecular weight is 382 g/mol. The molecule has 0 saturated heterocycles. The number of thioether (sulfide) groups is 1. The zero-order valence-corrected chi connectivity index (χ0v) is 14.2. The van der Waals surface area contributed by atoms with Crippen molar-refractivity contribution in [3.63, 3.8) is 0 Å². The lowest BCUT2D eigenvalue weighted by atomic mass is 10.4. The molecular weight excluding hydrogens is 371 g/mol. The van der Waals surface area contributed by atoms with E-state index < -0.39 is 11.9 Å². The maximum absolute atomic E-state index is 12.6. The molecule has 0 aliphatic rings. The van der Waals surface area contributed by atoms with Crippen LogP contribution in [0.5, 0.6) is 0 Å². The summed E-state index contributed by atoms with van der Waals surface area (Å²) in [5.74, 6) is -0.280. The number of hydrogen-bond acceptors (Lipinski definition) is 5. The lowest BCUT2D eigenvalue weighted by Gasteiger charge is -2.15. The number of halogens is 4. The molecule has 0 saturated carbocycles. The van der Waals surface area contributed by atoms with Crippen LogP contribution in [0.4, 0.5) is 13.2 Å². The van der Waals surface area contributed by atoms with Gasteiger partial charge in [-0.3, -0.25) is 4.79 Å². The summed E-state index contributed by atoms with van der Waals surface area (Å²) in [6.45, 7) is 0.389. The average Bonchev–Trinajstić information content (AvgIpc) is 2.89. The Morgan fingerprint density at radius 3 is 2.74 bits per heavy atom. The Hall–Kier alpha value is -1.32. The van der Waals surface area contributed by atoms with E-state index in [4.69, 9.17) is 11.6 Å². The Kier molecular flexibility index (Phi) is 5.88. The van der Waals surface area contributed by atoms with E-state index in [1.807, 2.05) is 6.07 Å². The van der Waals surface area contributed by atoms with Gasteiger partial charge in [0.15, 0.2) is 5.16 Å². The summed E-state index contributed by atoms with van der Waals surface area (Å²) in [4.78, 5) is 21.5. The quantitative estimate of drug-likeness (QED) is 0.581. The summed E-state index contributed by atoms with van der Waals surface area (Å²) < 4.78 is 38.3. The number of hydrogen-bond donors (Lipinski definition) is 0. The van der Waals surface area contributed by atoms with Crippen LogP contribution in [0.25, 0.3) is 0 Å². The van der Waals surface area contributed by atoms with Crippen molar-refractivity contribution < 1.29 is 18.0 Å². The fourth-order valence-corrected chi connectivity index (χ4v) is 3.48. The second kappa shape index (κ2) is 7.50. The van der Waals surface area contributed by atoms with Crippen molar-refractivity contribution in [1.82, 2.24) is 14.9 Å². The molecule has 2 rings (SSSR count). The molecule has 1 amide bonds. The normalized spacial score (nSPS) is 11.5. The first kappa shape index (κ1) is 18.0. The van der Waals surface area contributed by atoms with Crippen molar-refractivity contribution in [2.45, 2.75) is 17.9 Å². The third-order valence-electron chi connectivity index (χ3n) is 2.70. The molecule has 0 aromatic carbocycles. The number of nitrogens with zero attached hydrogens (tertiary/aromatic N) is 3. The van der Waals surface area contributed by atoms with Crippen LogP contribution in [0.15, 0.2) is 29.6 Å². The number of aromatic nitrogens is 2. The molecule has 2 heterocycles. The summed E-state index contributed by atoms with van der Waals surface area (Å²) in [7, 11) is 1.61. The Morgan fingerprint density at radius 1 is 1.39 bits per heavy atom. The molecule has 0 bridgehead atoms. The predicted octanol–water partition coefficient (Wildman–Crippen LogP) is 3.96. The Balaban J connectivity index is 1.91. The molecule has 23 heavy (non-hydrogen) atoms. The molecule has 2 aromatic heterocycles. The highest BCUT2D eigenvalue weighted by atomic mass is 35.5. The minimum absolute atomic E-state index is 0.0447. The van der Waals surface area contributed by atoms with Gasteiger partial charge in [-0.1, -0.05) is 23.4 Å². The van der Waals surface area contributed by atoms with Crippen LogP contribution >= 0.6 is 34.7 Å². The molecule has 0 spiro atoms. The van der Waals surface area contributed by atoms with Gasteiger partial charge in [0.2, 0.25) is 5.91 Å². The highest BCUT2D eigenvalue weighted by molar-refractivity contribution is 7.99. The van der Waals surface area contributed by atoms with Crippen LogP contribution in [0.1, 0.15) is 10.6 Å². The Labute approximate surface area is 143 Å². The van der Waals surface area contributed by atoms with E-state index in [1.54, 1.807) is 13.1 Å². The molecule has 124 valence electrons. The SMILES string of the molecule is CN(Cc1ccc(Cl)s1)C(=O)CSc1nccc(C(F)(F)F)n1. The summed E-state index contributed by atoms with van der Waals surface area (Å²) in [6, 6.07) is 4.35. The van der Waals surface area contributed by atoms with Crippen molar-refractivity contribution in [1.29, 1.82) is 0 Å². The molecule has 0 aliphatic heterocycles. The van der Waals surface area contributed by atoms with Crippen LogP contribution in [0, 0.1) is 0 Å². The smallest absolute Gasteiger partial charge is 0.340 e. The first-order valence-electron chi connectivity index (χ1n) is 6.27. The first-order valence-corrected chi connectivity index (χ1v) is 8.45. The van der Waals surface area contributed by atoms with Gasteiger partial charge in [-0.2, -0.15) is 13.2 Å². The van der Waals surface area contributed by atoms with Crippen LogP contribution in [0.2, 0.25) is 4.34 Å². The third kappa shape index (κ3) is 5.36. The number of carbonyl (C=O) groups excluding carboxylic acids is 1. The van der Waals surface area contributed by atoms with Crippen molar-refractivity contribution in [3.8, 4) is 0 Å². The summed E-state index contributed by atoms with van der Waals surface area (Å²) in [6.07, 6.45) is -3.50. The molecule has 0 aliphatic carbocycles.